The van der Waals surface area contributed by atoms with E-state index < -0.39 is 4.92 Å². The van der Waals surface area contributed by atoms with Gasteiger partial charge in [0.25, 0.3) is 5.69 Å². The van der Waals surface area contributed by atoms with Crippen molar-refractivity contribution in [3.05, 3.63) is 39.9 Å². The van der Waals surface area contributed by atoms with Crippen LogP contribution in [0.4, 0.5) is 5.69 Å². The van der Waals surface area contributed by atoms with Crippen LogP contribution in [0.2, 0.25) is 0 Å². The molecule has 4 atom stereocenters. The molecule has 1 heterocycles. The third kappa shape index (κ3) is 2.62. The molecular weight excluding hydrogens is 274 g/mol. The largest absolute Gasteiger partial charge is 0.376 e. The van der Waals surface area contributed by atoms with E-state index in [1.165, 1.54) is 12.1 Å². The van der Waals surface area contributed by atoms with Crippen molar-refractivity contribution in [3.8, 4) is 0 Å². The van der Waals surface area contributed by atoms with Crippen LogP contribution in [-0.4, -0.2) is 35.6 Å². The summed E-state index contributed by atoms with van der Waals surface area (Å²) < 4.78 is 5.56. The van der Waals surface area contributed by atoms with Crippen molar-refractivity contribution in [2.24, 2.45) is 11.7 Å². The molecule has 1 aromatic carbocycles. The molecule has 0 bridgehead atoms. The minimum Gasteiger partial charge on any atom is -0.376 e. The van der Waals surface area contributed by atoms with Crippen molar-refractivity contribution in [2.75, 3.05) is 6.61 Å². The first kappa shape index (κ1) is 14.0. The summed E-state index contributed by atoms with van der Waals surface area (Å²) >= 11 is 0. The SMILES string of the molecule is NC1C2CCOC2C1NC(=O)Cc1ccc([N+](=O)[O-])cc1. The van der Waals surface area contributed by atoms with Crippen LogP contribution in [0.1, 0.15) is 12.0 Å². The van der Waals surface area contributed by atoms with E-state index >= 15 is 0 Å². The fourth-order valence-corrected chi connectivity index (χ4v) is 3.09. The van der Waals surface area contributed by atoms with E-state index in [0.717, 1.165) is 12.0 Å². The van der Waals surface area contributed by atoms with Crippen LogP contribution in [0.5, 0.6) is 0 Å². The van der Waals surface area contributed by atoms with Crippen LogP contribution in [0.15, 0.2) is 24.3 Å². The lowest BCUT2D eigenvalue weighted by molar-refractivity contribution is -0.384. The first-order valence-corrected chi connectivity index (χ1v) is 6.96. The Hall–Kier alpha value is -1.99. The first-order valence-electron chi connectivity index (χ1n) is 6.96. The van der Waals surface area contributed by atoms with Crippen LogP contribution in [0.3, 0.4) is 0 Å². The minimum atomic E-state index is -0.463. The Bertz CT molecular complexity index is 560. The predicted molar refractivity (Wildman–Crippen MR) is 74.6 cm³/mol. The molecule has 0 spiro atoms. The summed E-state index contributed by atoms with van der Waals surface area (Å²) in [6, 6.07) is 5.81. The van der Waals surface area contributed by atoms with Crippen molar-refractivity contribution >= 4 is 11.6 Å². The van der Waals surface area contributed by atoms with Crippen LogP contribution in [0.25, 0.3) is 0 Å². The van der Waals surface area contributed by atoms with Crippen LogP contribution >= 0.6 is 0 Å². The van der Waals surface area contributed by atoms with E-state index in [1.54, 1.807) is 12.1 Å². The lowest BCUT2D eigenvalue weighted by Crippen LogP contribution is -2.69. The number of ether oxygens (including phenoxy) is 1. The Morgan fingerprint density at radius 3 is 2.81 bits per heavy atom. The van der Waals surface area contributed by atoms with Crippen molar-refractivity contribution in [1.82, 2.24) is 5.32 Å². The van der Waals surface area contributed by atoms with Gasteiger partial charge in [-0.1, -0.05) is 12.1 Å². The highest BCUT2D eigenvalue weighted by atomic mass is 16.6. The Labute approximate surface area is 121 Å². The van der Waals surface area contributed by atoms with Crippen molar-refractivity contribution in [3.63, 3.8) is 0 Å². The molecule has 21 heavy (non-hydrogen) atoms. The number of hydrogen-bond acceptors (Lipinski definition) is 5. The van der Waals surface area contributed by atoms with E-state index in [1.807, 2.05) is 0 Å². The Morgan fingerprint density at radius 2 is 2.14 bits per heavy atom. The molecule has 1 aliphatic carbocycles. The molecule has 4 unspecified atom stereocenters. The molecule has 2 aliphatic rings. The quantitative estimate of drug-likeness (QED) is 0.615. The number of carbonyl (C=O) groups excluding carboxylic acids is 1. The van der Waals surface area contributed by atoms with Gasteiger partial charge in [-0.3, -0.25) is 14.9 Å². The zero-order valence-corrected chi connectivity index (χ0v) is 11.4. The molecule has 1 saturated heterocycles. The number of nitro benzene ring substituents is 1. The number of nitrogens with one attached hydrogen (secondary N) is 1. The fraction of sp³-hybridized carbons (Fsp3) is 0.500. The lowest BCUT2D eigenvalue weighted by atomic mass is 9.72. The van der Waals surface area contributed by atoms with Gasteiger partial charge in [-0.15, -0.1) is 0 Å². The molecule has 2 fully saturated rings. The second-order valence-corrected chi connectivity index (χ2v) is 5.56. The number of fused-ring (bicyclic) bond motifs is 1. The smallest absolute Gasteiger partial charge is 0.269 e. The number of amides is 1. The predicted octanol–water partition coefficient (Wildman–Crippen LogP) is 0.368. The van der Waals surface area contributed by atoms with Crippen LogP contribution in [0, 0.1) is 16.0 Å². The Balaban J connectivity index is 1.55. The fourth-order valence-electron chi connectivity index (χ4n) is 3.09. The number of nitrogens with two attached hydrogens (primary N) is 1. The van der Waals surface area contributed by atoms with Gasteiger partial charge in [-0.25, -0.2) is 0 Å². The van der Waals surface area contributed by atoms with E-state index in [-0.39, 0.29) is 36.2 Å². The van der Waals surface area contributed by atoms with Gasteiger partial charge >= 0.3 is 0 Å². The third-order valence-electron chi connectivity index (χ3n) is 4.29. The van der Waals surface area contributed by atoms with Gasteiger partial charge in [0.05, 0.1) is 23.5 Å². The molecule has 1 amide bonds. The minimum absolute atomic E-state index is 0.0161. The van der Waals surface area contributed by atoms with E-state index in [9.17, 15) is 14.9 Å². The summed E-state index contributed by atoms with van der Waals surface area (Å²) in [5, 5.41) is 13.5. The molecular formula is C14H17N3O4. The Kier molecular flexibility index (Phi) is 3.60. The summed E-state index contributed by atoms with van der Waals surface area (Å²) in [5.74, 6) is 0.216. The van der Waals surface area contributed by atoms with Gasteiger partial charge in [0.2, 0.25) is 5.91 Å². The van der Waals surface area contributed by atoms with Gasteiger partial charge in [-0.05, 0) is 12.0 Å². The highest BCUT2D eigenvalue weighted by molar-refractivity contribution is 5.79. The summed E-state index contributed by atoms with van der Waals surface area (Å²) in [5.41, 5.74) is 6.78. The maximum atomic E-state index is 12.0. The van der Waals surface area contributed by atoms with Crippen LogP contribution < -0.4 is 11.1 Å². The molecule has 0 radical (unpaired) electrons. The summed E-state index contributed by atoms with van der Waals surface area (Å²) in [6.45, 7) is 0.706. The lowest BCUT2D eigenvalue weighted by Gasteiger charge is -2.45. The van der Waals surface area contributed by atoms with Crippen molar-refractivity contribution < 1.29 is 14.5 Å². The average Bonchev–Trinajstić information content (AvgIpc) is 2.90. The van der Waals surface area contributed by atoms with Gasteiger partial charge < -0.3 is 15.8 Å². The van der Waals surface area contributed by atoms with Crippen molar-refractivity contribution in [2.45, 2.75) is 31.0 Å². The number of benzene rings is 1. The number of hydrogen-bond donors (Lipinski definition) is 2. The molecule has 0 aromatic heterocycles. The number of carbonyl (C=O) groups is 1. The molecule has 7 nitrogen and oxygen atoms in total. The number of non-ortho nitro benzene ring substituents is 1. The monoisotopic (exact) mass is 291 g/mol. The molecule has 7 heteroatoms. The average molecular weight is 291 g/mol. The summed E-state index contributed by atoms with van der Waals surface area (Å²) in [4.78, 5) is 22.1. The second-order valence-electron chi connectivity index (χ2n) is 5.56. The van der Waals surface area contributed by atoms with Gasteiger partial charge in [0, 0.05) is 30.7 Å². The maximum Gasteiger partial charge on any atom is 0.269 e. The van der Waals surface area contributed by atoms with Gasteiger partial charge in [0.15, 0.2) is 0 Å². The molecule has 112 valence electrons. The van der Waals surface area contributed by atoms with E-state index in [0.29, 0.717) is 12.5 Å². The maximum absolute atomic E-state index is 12.0. The van der Waals surface area contributed by atoms with Gasteiger partial charge in [-0.2, -0.15) is 0 Å². The third-order valence-corrected chi connectivity index (χ3v) is 4.29. The Morgan fingerprint density at radius 1 is 1.43 bits per heavy atom. The molecule has 3 N–H and O–H groups in total. The number of rotatable bonds is 4. The van der Waals surface area contributed by atoms with E-state index in [2.05, 4.69) is 5.32 Å². The zero-order valence-electron chi connectivity index (χ0n) is 11.4. The normalized spacial score (nSPS) is 30.3. The zero-order chi connectivity index (χ0) is 15.0. The number of nitrogens with zero attached hydrogens (tertiary/aromatic N) is 1. The topological polar surface area (TPSA) is 107 Å². The highest BCUT2D eigenvalue weighted by Gasteiger charge is 2.52. The molecule has 1 saturated carbocycles. The molecule has 1 aliphatic heterocycles. The number of nitro groups is 1. The molecule has 1 aromatic rings. The van der Waals surface area contributed by atoms with E-state index in [4.69, 9.17) is 10.5 Å². The first-order chi connectivity index (χ1) is 10.1. The molecule has 3 rings (SSSR count). The second kappa shape index (κ2) is 5.42. The van der Waals surface area contributed by atoms with Gasteiger partial charge in [0.1, 0.15) is 0 Å². The summed E-state index contributed by atoms with van der Waals surface area (Å²) in [6.07, 6.45) is 1.18. The summed E-state index contributed by atoms with van der Waals surface area (Å²) in [7, 11) is 0. The van der Waals surface area contributed by atoms with Crippen molar-refractivity contribution in [1.29, 1.82) is 0 Å². The standard InChI is InChI=1S/C14H17N3O4/c15-12-10-5-6-21-14(10)13(12)16-11(18)7-8-1-3-9(4-2-8)17(19)20/h1-4,10,12-14H,5-7,15H2,(H,16,18). The van der Waals surface area contributed by atoms with Crippen LogP contribution in [-0.2, 0) is 16.0 Å². The highest BCUT2D eigenvalue weighted by Crippen LogP contribution is 2.37.